The fraction of sp³-hybridized carbons (Fsp3) is 0.276. The zero-order valence-electron chi connectivity index (χ0n) is 19.9. The summed E-state index contributed by atoms with van der Waals surface area (Å²) >= 11 is 6.45. The number of hydrogen-bond acceptors (Lipinski definition) is 3. The normalized spacial score (nSPS) is 14.1. The highest BCUT2D eigenvalue weighted by Gasteiger charge is 2.37. The Morgan fingerprint density at radius 3 is 2.51 bits per heavy atom. The molecule has 1 amide bonds. The van der Waals surface area contributed by atoms with Crippen LogP contribution in [0.15, 0.2) is 77.6 Å². The maximum atomic E-state index is 13.8. The van der Waals surface area contributed by atoms with Gasteiger partial charge in [0.2, 0.25) is 5.91 Å². The Labute approximate surface area is 210 Å². The number of amides is 1. The van der Waals surface area contributed by atoms with Crippen LogP contribution in [0.2, 0.25) is 5.02 Å². The summed E-state index contributed by atoms with van der Waals surface area (Å²) < 4.78 is 1.64. The van der Waals surface area contributed by atoms with Gasteiger partial charge in [-0.1, -0.05) is 60.1 Å². The average Bonchev–Trinajstić information content (AvgIpc) is 3.72. The summed E-state index contributed by atoms with van der Waals surface area (Å²) in [7, 11) is 0. The van der Waals surface area contributed by atoms with Gasteiger partial charge in [-0.3, -0.25) is 14.2 Å². The van der Waals surface area contributed by atoms with Gasteiger partial charge < -0.3 is 4.90 Å². The summed E-state index contributed by atoms with van der Waals surface area (Å²) in [4.78, 5) is 34.1. The molecule has 3 aromatic carbocycles. The molecule has 0 aliphatic heterocycles. The Kier molecular flexibility index (Phi) is 6.44. The van der Waals surface area contributed by atoms with Gasteiger partial charge in [0.05, 0.1) is 22.6 Å². The predicted molar refractivity (Wildman–Crippen MR) is 140 cm³/mol. The number of nitrogens with zero attached hydrogens (tertiary/aromatic N) is 3. The number of halogens is 1. The molecule has 0 spiro atoms. The third-order valence-electron chi connectivity index (χ3n) is 6.82. The first-order chi connectivity index (χ1) is 17.0. The zero-order chi connectivity index (χ0) is 24.5. The number of aromatic nitrogens is 2. The molecule has 0 saturated heterocycles. The second kappa shape index (κ2) is 9.67. The SMILES string of the molecule is Cc1c(Cl)cccc1-n1c(C(C)N(CCc2ccccc2)C(=O)C2CC2)nc2ccccc2c1=O. The lowest BCUT2D eigenvalue weighted by Crippen LogP contribution is -2.39. The number of carbonyl (C=O) groups excluding carboxylic acids is 1. The topological polar surface area (TPSA) is 55.2 Å². The van der Waals surface area contributed by atoms with Gasteiger partial charge in [-0.25, -0.2) is 4.98 Å². The van der Waals surface area contributed by atoms with E-state index < -0.39 is 6.04 Å². The van der Waals surface area contributed by atoms with Crippen LogP contribution in [0.25, 0.3) is 16.6 Å². The van der Waals surface area contributed by atoms with Crippen molar-refractivity contribution in [3.8, 4) is 5.69 Å². The Bertz CT molecular complexity index is 1440. The van der Waals surface area contributed by atoms with Crippen molar-refractivity contribution in [2.45, 2.75) is 39.2 Å². The smallest absolute Gasteiger partial charge is 0.266 e. The lowest BCUT2D eigenvalue weighted by molar-refractivity contribution is -0.134. The minimum Gasteiger partial charge on any atom is -0.332 e. The van der Waals surface area contributed by atoms with Gasteiger partial charge in [0.25, 0.3) is 5.56 Å². The van der Waals surface area contributed by atoms with Crippen LogP contribution in [0.3, 0.4) is 0 Å². The molecule has 1 aliphatic rings. The number of fused-ring (bicyclic) bond motifs is 1. The number of hydrogen-bond donors (Lipinski definition) is 0. The van der Waals surface area contributed by atoms with Gasteiger partial charge in [0, 0.05) is 17.5 Å². The number of benzene rings is 3. The van der Waals surface area contributed by atoms with Crippen LogP contribution >= 0.6 is 11.6 Å². The first-order valence-corrected chi connectivity index (χ1v) is 12.4. The average molecular weight is 486 g/mol. The molecule has 35 heavy (non-hydrogen) atoms. The van der Waals surface area contributed by atoms with E-state index >= 15 is 0 Å². The van der Waals surface area contributed by atoms with Crippen LogP contribution in [-0.2, 0) is 11.2 Å². The second-order valence-corrected chi connectivity index (χ2v) is 9.64. The Morgan fingerprint density at radius 1 is 1.06 bits per heavy atom. The molecule has 0 N–H and O–H groups in total. The molecule has 1 fully saturated rings. The summed E-state index contributed by atoms with van der Waals surface area (Å²) in [5.74, 6) is 0.730. The monoisotopic (exact) mass is 485 g/mol. The van der Waals surface area contributed by atoms with Crippen LogP contribution in [0.4, 0.5) is 0 Å². The summed E-state index contributed by atoms with van der Waals surface area (Å²) in [6.45, 7) is 4.42. The number of carbonyl (C=O) groups is 1. The van der Waals surface area contributed by atoms with Crippen molar-refractivity contribution in [2.75, 3.05) is 6.54 Å². The molecule has 1 aromatic heterocycles. The standard InChI is InChI=1S/C29H28ClN3O2/c1-19-24(30)12-8-14-26(19)33-27(31-25-13-7-6-11-23(25)29(33)35)20(2)32(28(34)22-15-16-22)18-17-21-9-4-3-5-10-21/h3-14,20,22H,15-18H2,1-2H3. The predicted octanol–water partition coefficient (Wildman–Crippen LogP) is 5.89. The van der Waals surface area contributed by atoms with Gasteiger partial charge in [-0.2, -0.15) is 0 Å². The molecule has 0 radical (unpaired) electrons. The van der Waals surface area contributed by atoms with Crippen molar-refractivity contribution >= 4 is 28.4 Å². The Morgan fingerprint density at radius 2 is 1.77 bits per heavy atom. The largest absolute Gasteiger partial charge is 0.332 e. The van der Waals surface area contributed by atoms with E-state index in [1.54, 1.807) is 10.6 Å². The third kappa shape index (κ3) is 4.61. The highest BCUT2D eigenvalue weighted by Crippen LogP contribution is 2.35. The van der Waals surface area contributed by atoms with Gasteiger partial charge in [0.1, 0.15) is 5.82 Å². The van der Waals surface area contributed by atoms with Crippen molar-refractivity contribution in [1.29, 1.82) is 0 Å². The molecule has 5 rings (SSSR count). The molecule has 4 aromatic rings. The molecular formula is C29H28ClN3O2. The number of para-hydroxylation sites is 1. The van der Waals surface area contributed by atoms with Gasteiger partial charge >= 0.3 is 0 Å². The van der Waals surface area contributed by atoms with Crippen molar-refractivity contribution < 1.29 is 4.79 Å². The highest BCUT2D eigenvalue weighted by atomic mass is 35.5. The second-order valence-electron chi connectivity index (χ2n) is 9.23. The van der Waals surface area contributed by atoms with E-state index in [0.717, 1.165) is 24.8 Å². The molecule has 1 heterocycles. The van der Waals surface area contributed by atoms with E-state index in [4.69, 9.17) is 16.6 Å². The fourth-order valence-corrected chi connectivity index (χ4v) is 4.76. The maximum Gasteiger partial charge on any atom is 0.266 e. The highest BCUT2D eigenvalue weighted by molar-refractivity contribution is 6.31. The molecule has 1 atom stereocenters. The van der Waals surface area contributed by atoms with Crippen LogP contribution in [-0.4, -0.2) is 26.9 Å². The molecule has 5 nitrogen and oxygen atoms in total. The first-order valence-electron chi connectivity index (χ1n) is 12.1. The van der Waals surface area contributed by atoms with E-state index in [9.17, 15) is 9.59 Å². The van der Waals surface area contributed by atoms with E-state index in [1.807, 2.05) is 73.3 Å². The third-order valence-corrected chi connectivity index (χ3v) is 7.23. The summed E-state index contributed by atoms with van der Waals surface area (Å²) in [5, 5.41) is 1.11. The lowest BCUT2D eigenvalue weighted by Gasteiger charge is -2.31. The van der Waals surface area contributed by atoms with E-state index in [0.29, 0.717) is 34.0 Å². The Balaban J connectivity index is 1.65. The van der Waals surface area contributed by atoms with Gasteiger partial charge in [-0.05, 0) is 68.5 Å². The maximum absolute atomic E-state index is 13.8. The summed E-state index contributed by atoms with van der Waals surface area (Å²) in [6.07, 6.45) is 2.56. The zero-order valence-corrected chi connectivity index (χ0v) is 20.7. The molecule has 1 saturated carbocycles. The Hall–Kier alpha value is -3.44. The van der Waals surface area contributed by atoms with Crippen molar-refractivity contribution in [3.05, 3.63) is 105 Å². The minimum absolute atomic E-state index is 0.0572. The first kappa shape index (κ1) is 23.3. The molecule has 0 bridgehead atoms. The van der Waals surface area contributed by atoms with Crippen molar-refractivity contribution in [3.63, 3.8) is 0 Å². The van der Waals surface area contributed by atoms with Gasteiger partial charge in [-0.15, -0.1) is 0 Å². The van der Waals surface area contributed by atoms with E-state index in [2.05, 4.69) is 12.1 Å². The molecule has 178 valence electrons. The molecule has 1 unspecified atom stereocenters. The van der Waals surface area contributed by atoms with Gasteiger partial charge in [0.15, 0.2) is 0 Å². The van der Waals surface area contributed by atoms with Crippen LogP contribution in [0.5, 0.6) is 0 Å². The molecule has 6 heteroatoms. The lowest BCUT2D eigenvalue weighted by atomic mass is 10.1. The van der Waals surface area contributed by atoms with Crippen LogP contribution < -0.4 is 5.56 Å². The summed E-state index contributed by atoms with van der Waals surface area (Å²) in [5.41, 5.74) is 3.11. The minimum atomic E-state index is -0.400. The van der Waals surface area contributed by atoms with Crippen molar-refractivity contribution in [2.24, 2.45) is 5.92 Å². The van der Waals surface area contributed by atoms with Crippen molar-refractivity contribution in [1.82, 2.24) is 14.5 Å². The molecular weight excluding hydrogens is 458 g/mol. The van der Waals surface area contributed by atoms with Crippen LogP contribution in [0.1, 0.15) is 42.8 Å². The van der Waals surface area contributed by atoms with E-state index in [-0.39, 0.29) is 17.4 Å². The van der Waals surface area contributed by atoms with Crippen LogP contribution in [0, 0.1) is 12.8 Å². The fourth-order valence-electron chi connectivity index (χ4n) is 4.59. The molecule has 1 aliphatic carbocycles. The summed E-state index contributed by atoms with van der Waals surface area (Å²) in [6, 6.07) is 22.6. The van der Waals surface area contributed by atoms with E-state index in [1.165, 1.54) is 5.56 Å². The number of rotatable bonds is 7. The quantitative estimate of drug-likeness (QED) is 0.328.